The van der Waals surface area contributed by atoms with Gasteiger partial charge < -0.3 is 5.32 Å². The molecule has 0 radical (unpaired) electrons. The monoisotopic (exact) mass is 445 g/mol. The highest BCUT2D eigenvalue weighted by molar-refractivity contribution is 9.10. The van der Waals surface area contributed by atoms with Gasteiger partial charge in [-0.1, -0.05) is 6.07 Å². The molecule has 0 bridgehead atoms. The minimum absolute atomic E-state index is 0.0311. The molecule has 2 amide bonds. The molecule has 26 heavy (non-hydrogen) atoms. The van der Waals surface area contributed by atoms with Crippen LogP contribution in [0.4, 0.5) is 19.1 Å². The van der Waals surface area contributed by atoms with Crippen LogP contribution in [0.2, 0.25) is 0 Å². The number of nitrogens with zero attached hydrogens (tertiary/aromatic N) is 3. The average Bonchev–Trinajstić information content (AvgIpc) is 3.24. The molecule has 3 heterocycles. The van der Waals surface area contributed by atoms with Crippen molar-refractivity contribution in [2.24, 2.45) is 0 Å². The van der Waals surface area contributed by atoms with E-state index in [1.165, 1.54) is 23.0 Å². The molecule has 12 heteroatoms. The number of hydrogen-bond acceptors (Lipinski definition) is 5. The second-order valence-electron chi connectivity index (χ2n) is 5.37. The highest BCUT2D eigenvalue weighted by atomic mass is 79.9. The Labute approximate surface area is 155 Å². The van der Waals surface area contributed by atoms with E-state index >= 15 is 0 Å². The summed E-state index contributed by atoms with van der Waals surface area (Å²) in [4.78, 5) is 32.4. The number of hydrogen-bond donors (Lipinski definition) is 2. The lowest BCUT2D eigenvalue weighted by Gasteiger charge is -2.31. The van der Waals surface area contributed by atoms with E-state index in [1.54, 1.807) is 6.07 Å². The summed E-state index contributed by atoms with van der Waals surface area (Å²) in [7, 11) is 0. The van der Waals surface area contributed by atoms with Crippen molar-refractivity contribution >= 4 is 56.1 Å². The Morgan fingerprint density at radius 2 is 2.15 bits per heavy atom. The lowest BCUT2D eigenvalue weighted by Crippen LogP contribution is -2.63. The van der Waals surface area contributed by atoms with Gasteiger partial charge in [-0.25, -0.2) is 9.97 Å². The molecule has 1 unspecified atom stereocenters. The maximum absolute atomic E-state index is 14.1. The van der Waals surface area contributed by atoms with E-state index in [0.717, 1.165) is 11.3 Å². The van der Waals surface area contributed by atoms with Crippen LogP contribution in [0.1, 0.15) is 10.5 Å². The zero-order chi connectivity index (χ0) is 18.7. The third-order valence-electron chi connectivity index (χ3n) is 3.89. The third kappa shape index (κ3) is 2.18. The second-order valence-corrected chi connectivity index (χ2v) is 6.94. The highest BCUT2D eigenvalue weighted by Crippen LogP contribution is 2.44. The van der Waals surface area contributed by atoms with E-state index in [-0.39, 0.29) is 22.7 Å². The summed E-state index contributed by atoms with van der Waals surface area (Å²) in [5.74, 6) is -2.88. The van der Waals surface area contributed by atoms with E-state index in [4.69, 9.17) is 0 Å². The number of para-hydroxylation sites is 1. The number of alkyl halides is 3. The fourth-order valence-electron chi connectivity index (χ4n) is 2.77. The molecule has 134 valence electrons. The van der Waals surface area contributed by atoms with Crippen molar-refractivity contribution in [3.05, 3.63) is 39.3 Å². The number of aromatic nitrogens is 3. The standard InChI is InChI=1S/C14H7BrF3N5O2S/c15-6-2-1-3-8-9(6)20-12-21-11(25)13(23(8)12,14(16,17)18)22-10(24)7-4-26-5-19-7/h1-5H,(H,22,24)(H,20,21,25). The second kappa shape index (κ2) is 5.51. The SMILES string of the molecule is O=C(NC1(C(F)(F)F)C(=O)Nc2nc3c(Br)cccc3n21)c1cscn1. The molecule has 2 aromatic heterocycles. The van der Waals surface area contributed by atoms with Crippen molar-refractivity contribution < 1.29 is 22.8 Å². The first kappa shape index (κ1) is 17.0. The zero-order valence-corrected chi connectivity index (χ0v) is 14.9. The van der Waals surface area contributed by atoms with Gasteiger partial charge in [0.15, 0.2) is 0 Å². The first-order chi connectivity index (χ1) is 12.3. The number of fused-ring (bicyclic) bond motifs is 3. The third-order valence-corrected chi connectivity index (χ3v) is 5.12. The zero-order valence-electron chi connectivity index (χ0n) is 12.5. The number of rotatable bonds is 2. The van der Waals surface area contributed by atoms with Gasteiger partial charge in [0.25, 0.3) is 17.5 Å². The van der Waals surface area contributed by atoms with Gasteiger partial charge in [-0.3, -0.25) is 19.5 Å². The predicted molar refractivity (Wildman–Crippen MR) is 89.7 cm³/mol. The minimum Gasteiger partial charge on any atom is -0.312 e. The van der Waals surface area contributed by atoms with Crippen molar-refractivity contribution in [3.8, 4) is 0 Å². The largest absolute Gasteiger partial charge is 0.440 e. The van der Waals surface area contributed by atoms with E-state index in [9.17, 15) is 22.8 Å². The number of thiazole rings is 1. The van der Waals surface area contributed by atoms with Gasteiger partial charge >= 0.3 is 6.18 Å². The van der Waals surface area contributed by atoms with Crippen LogP contribution < -0.4 is 10.6 Å². The molecule has 0 spiro atoms. The van der Waals surface area contributed by atoms with E-state index in [1.807, 2.05) is 5.32 Å². The summed E-state index contributed by atoms with van der Waals surface area (Å²) in [6.07, 6.45) is -5.13. The van der Waals surface area contributed by atoms with Crippen LogP contribution in [0, 0.1) is 0 Å². The Hall–Kier alpha value is -2.47. The number of carbonyl (C=O) groups excluding carboxylic acids is 2. The smallest absolute Gasteiger partial charge is 0.312 e. The Bertz CT molecular complexity index is 1050. The van der Waals surface area contributed by atoms with Gasteiger partial charge in [-0.2, -0.15) is 13.2 Å². The quantitative estimate of drug-likeness (QED) is 0.634. The number of amides is 2. The number of benzene rings is 1. The summed E-state index contributed by atoms with van der Waals surface area (Å²) >= 11 is 4.26. The van der Waals surface area contributed by atoms with Crippen molar-refractivity contribution in [1.29, 1.82) is 0 Å². The maximum atomic E-state index is 14.1. The summed E-state index contributed by atoms with van der Waals surface area (Å²) in [5, 5.41) is 5.20. The Morgan fingerprint density at radius 3 is 2.81 bits per heavy atom. The Balaban J connectivity index is 1.96. The van der Waals surface area contributed by atoms with Crippen molar-refractivity contribution in [3.63, 3.8) is 0 Å². The summed E-state index contributed by atoms with van der Waals surface area (Å²) in [5.41, 5.74) is -1.99. The van der Waals surface area contributed by atoms with Crippen LogP contribution in [0.5, 0.6) is 0 Å². The number of imidazole rings is 1. The van der Waals surface area contributed by atoms with Crippen LogP contribution >= 0.6 is 27.3 Å². The molecular weight excluding hydrogens is 439 g/mol. The van der Waals surface area contributed by atoms with Crippen molar-refractivity contribution in [1.82, 2.24) is 19.9 Å². The molecule has 2 N–H and O–H groups in total. The van der Waals surface area contributed by atoms with Gasteiger partial charge in [0.1, 0.15) is 11.2 Å². The fraction of sp³-hybridized carbons (Fsp3) is 0.143. The molecule has 4 rings (SSSR count). The van der Waals surface area contributed by atoms with E-state index < -0.39 is 23.7 Å². The lowest BCUT2D eigenvalue weighted by molar-refractivity contribution is -0.213. The number of carbonyl (C=O) groups is 2. The van der Waals surface area contributed by atoms with Crippen LogP contribution in [-0.2, 0) is 10.5 Å². The van der Waals surface area contributed by atoms with Crippen molar-refractivity contribution in [2.75, 3.05) is 5.32 Å². The van der Waals surface area contributed by atoms with Gasteiger partial charge in [0.05, 0.1) is 11.0 Å². The average molecular weight is 446 g/mol. The molecule has 0 saturated heterocycles. The number of anilines is 1. The van der Waals surface area contributed by atoms with Gasteiger partial charge in [-0.15, -0.1) is 11.3 Å². The predicted octanol–water partition coefficient (Wildman–Crippen LogP) is 2.85. The molecule has 7 nitrogen and oxygen atoms in total. The van der Waals surface area contributed by atoms with Crippen LogP contribution in [0.15, 0.2) is 33.6 Å². The molecule has 1 atom stereocenters. The van der Waals surface area contributed by atoms with Crippen LogP contribution in [0.3, 0.4) is 0 Å². The molecule has 1 aliphatic heterocycles. The van der Waals surface area contributed by atoms with Gasteiger partial charge in [-0.05, 0) is 28.1 Å². The lowest BCUT2D eigenvalue weighted by atomic mass is 10.1. The minimum atomic E-state index is -5.13. The van der Waals surface area contributed by atoms with Crippen LogP contribution in [0.25, 0.3) is 11.0 Å². The molecule has 1 aliphatic rings. The number of nitrogens with one attached hydrogen (secondary N) is 2. The molecule has 0 saturated carbocycles. The first-order valence-corrected chi connectivity index (χ1v) is 8.75. The topological polar surface area (TPSA) is 88.9 Å². The Kier molecular flexibility index (Phi) is 3.60. The number of halogens is 4. The van der Waals surface area contributed by atoms with Crippen LogP contribution in [-0.4, -0.2) is 32.5 Å². The summed E-state index contributed by atoms with van der Waals surface area (Å²) in [6, 6.07) is 4.50. The molecule has 3 aromatic rings. The highest BCUT2D eigenvalue weighted by Gasteiger charge is 2.67. The van der Waals surface area contributed by atoms with Gasteiger partial charge in [0.2, 0.25) is 5.95 Å². The fourth-order valence-corrected chi connectivity index (χ4v) is 3.75. The normalized spacial score (nSPS) is 19.5. The Morgan fingerprint density at radius 1 is 1.38 bits per heavy atom. The van der Waals surface area contributed by atoms with E-state index in [0.29, 0.717) is 9.04 Å². The summed E-state index contributed by atoms with van der Waals surface area (Å²) < 4.78 is 43.4. The van der Waals surface area contributed by atoms with Gasteiger partial charge in [0, 0.05) is 9.85 Å². The molecule has 0 aliphatic carbocycles. The molecular formula is C14H7BrF3N5O2S. The van der Waals surface area contributed by atoms with E-state index in [2.05, 4.69) is 31.2 Å². The molecule has 0 fully saturated rings. The first-order valence-electron chi connectivity index (χ1n) is 7.02. The molecule has 1 aromatic carbocycles. The van der Waals surface area contributed by atoms with Crippen molar-refractivity contribution in [2.45, 2.75) is 11.8 Å². The maximum Gasteiger partial charge on any atom is 0.440 e. The summed E-state index contributed by atoms with van der Waals surface area (Å²) in [6.45, 7) is 0.